The van der Waals surface area contributed by atoms with Crippen LogP contribution in [0.4, 0.5) is 0 Å². The zero-order valence-electron chi connectivity index (χ0n) is 11.2. The highest BCUT2D eigenvalue weighted by atomic mass is 32.2. The Morgan fingerprint density at radius 2 is 2.12 bits per heavy atom. The molecule has 0 amide bonds. The van der Waals surface area contributed by atoms with Gasteiger partial charge in [0.05, 0.1) is 6.04 Å². The predicted octanol–water partition coefficient (Wildman–Crippen LogP) is 2.66. The molecule has 2 aliphatic rings. The third-order valence-corrected chi connectivity index (χ3v) is 4.57. The van der Waals surface area contributed by atoms with Crippen LogP contribution in [0, 0.1) is 5.92 Å². The molecule has 2 heterocycles. The molecule has 0 aromatic heterocycles. The van der Waals surface area contributed by atoms with Gasteiger partial charge in [-0.2, -0.15) is 0 Å². The summed E-state index contributed by atoms with van der Waals surface area (Å²) in [5, 5.41) is 4.68. The molecule has 0 aromatic carbocycles. The molecule has 0 saturated carbocycles. The van der Waals surface area contributed by atoms with Crippen molar-refractivity contribution >= 4 is 16.9 Å². The minimum absolute atomic E-state index is 0.208. The summed E-state index contributed by atoms with van der Waals surface area (Å²) >= 11 is 1.87. The molecule has 4 heteroatoms. The van der Waals surface area contributed by atoms with E-state index >= 15 is 0 Å². The third kappa shape index (κ3) is 3.88. The largest absolute Gasteiger partial charge is 0.381 e. The topological polar surface area (TPSA) is 33.6 Å². The van der Waals surface area contributed by atoms with Crippen molar-refractivity contribution in [2.24, 2.45) is 10.9 Å². The van der Waals surface area contributed by atoms with E-state index in [0.717, 1.165) is 31.2 Å². The maximum atomic E-state index is 5.40. The Balaban J connectivity index is 1.93. The second-order valence-electron chi connectivity index (χ2n) is 5.73. The van der Waals surface area contributed by atoms with Crippen LogP contribution in [0.15, 0.2) is 4.99 Å². The minimum Gasteiger partial charge on any atom is -0.381 e. The van der Waals surface area contributed by atoms with Crippen molar-refractivity contribution in [2.75, 3.05) is 19.0 Å². The maximum Gasteiger partial charge on any atom is 0.157 e. The molecule has 17 heavy (non-hydrogen) atoms. The number of hydrogen-bond donors (Lipinski definition) is 1. The summed E-state index contributed by atoms with van der Waals surface area (Å²) in [6.45, 7) is 8.56. The Morgan fingerprint density at radius 3 is 2.76 bits per heavy atom. The first-order valence-electron chi connectivity index (χ1n) is 6.63. The molecule has 98 valence electrons. The average molecular weight is 256 g/mol. The smallest absolute Gasteiger partial charge is 0.157 e. The molecule has 0 aliphatic carbocycles. The summed E-state index contributed by atoms with van der Waals surface area (Å²) in [6, 6.07) is 0.419. The van der Waals surface area contributed by atoms with Gasteiger partial charge in [-0.3, -0.25) is 4.99 Å². The van der Waals surface area contributed by atoms with Crippen molar-refractivity contribution < 1.29 is 4.74 Å². The Morgan fingerprint density at radius 1 is 1.41 bits per heavy atom. The molecule has 3 nitrogen and oxygen atoms in total. The molecule has 2 fully saturated rings. The minimum atomic E-state index is 0.208. The number of nitrogens with zero attached hydrogens (tertiary/aromatic N) is 1. The molecular formula is C13H24N2OS. The van der Waals surface area contributed by atoms with Crippen molar-refractivity contribution in [3.8, 4) is 0 Å². The van der Waals surface area contributed by atoms with Gasteiger partial charge in [0.1, 0.15) is 0 Å². The quantitative estimate of drug-likeness (QED) is 0.824. The summed E-state index contributed by atoms with van der Waals surface area (Å²) in [5.41, 5.74) is 0.208. The van der Waals surface area contributed by atoms with E-state index in [-0.39, 0.29) is 5.54 Å². The van der Waals surface area contributed by atoms with Crippen LogP contribution in [0.1, 0.15) is 40.0 Å². The molecule has 1 atom stereocenters. The standard InChI is InChI=1S/C13H24N2OS/c1-10(11-4-7-16-8-5-11)14-12-15-13(2,3)6-9-17-12/h10-11H,4-9H2,1-3H3,(H,14,15). The summed E-state index contributed by atoms with van der Waals surface area (Å²) in [6.07, 6.45) is 3.53. The highest BCUT2D eigenvalue weighted by Gasteiger charge is 2.26. The summed E-state index contributed by atoms with van der Waals surface area (Å²) in [4.78, 5) is 4.87. The van der Waals surface area contributed by atoms with Gasteiger partial charge in [-0.25, -0.2) is 0 Å². The average Bonchev–Trinajstić information content (AvgIpc) is 2.29. The van der Waals surface area contributed by atoms with Crippen LogP contribution in [0.25, 0.3) is 0 Å². The van der Waals surface area contributed by atoms with E-state index in [1.165, 1.54) is 12.2 Å². The molecule has 0 radical (unpaired) electrons. The van der Waals surface area contributed by atoms with Gasteiger partial charge in [-0.15, -0.1) is 0 Å². The number of amidine groups is 1. The Kier molecular flexibility index (Phi) is 4.36. The van der Waals surface area contributed by atoms with Gasteiger partial charge in [-0.1, -0.05) is 11.8 Å². The van der Waals surface area contributed by atoms with Gasteiger partial charge in [0, 0.05) is 24.5 Å². The summed E-state index contributed by atoms with van der Waals surface area (Å²) < 4.78 is 5.40. The fraction of sp³-hybridized carbons (Fsp3) is 0.923. The van der Waals surface area contributed by atoms with Gasteiger partial charge in [-0.05, 0) is 46.0 Å². The second-order valence-corrected chi connectivity index (χ2v) is 6.82. The van der Waals surface area contributed by atoms with Crippen molar-refractivity contribution in [1.82, 2.24) is 5.32 Å². The molecular weight excluding hydrogens is 232 g/mol. The van der Waals surface area contributed by atoms with Gasteiger partial charge >= 0.3 is 0 Å². The molecule has 2 saturated heterocycles. The highest BCUT2D eigenvalue weighted by molar-refractivity contribution is 8.13. The lowest BCUT2D eigenvalue weighted by atomic mass is 9.93. The normalized spacial score (nSPS) is 29.9. The van der Waals surface area contributed by atoms with Crippen molar-refractivity contribution in [3.63, 3.8) is 0 Å². The van der Waals surface area contributed by atoms with E-state index in [1.54, 1.807) is 0 Å². The van der Waals surface area contributed by atoms with Crippen LogP contribution in [0.5, 0.6) is 0 Å². The van der Waals surface area contributed by atoms with Crippen LogP contribution in [0.3, 0.4) is 0 Å². The summed E-state index contributed by atoms with van der Waals surface area (Å²) in [5.74, 6) is 1.88. The third-order valence-electron chi connectivity index (χ3n) is 3.68. The molecule has 2 rings (SSSR count). The Bertz CT molecular complexity index is 285. The van der Waals surface area contributed by atoms with Crippen molar-refractivity contribution in [3.05, 3.63) is 0 Å². The first-order valence-corrected chi connectivity index (χ1v) is 7.62. The molecule has 2 aliphatic heterocycles. The van der Waals surface area contributed by atoms with Crippen molar-refractivity contribution in [1.29, 1.82) is 0 Å². The zero-order valence-corrected chi connectivity index (χ0v) is 12.0. The lowest BCUT2D eigenvalue weighted by molar-refractivity contribution is 0.0605. The Hall–Kier alpha value is -0.220. The highest BCUT2D eigenvalue weighted by Crippen LogP contribution is 2.25. The van der Waals surface area contributed by atoms with E-state index < -0.39 is 0 Å². The maximum absolute atomic E-state index is 5.40. The summed E-state index contributed by atoms with van der Waals surface area (Å²) in [7, 11) is 0. The number of thioether (sulfide) groups is 1. The number of hydrogen-bond acceptors (Lipinski definition) is 3. The van der Waals surface area contributed by atoms with Gasteiger partial charge < -0.3 is 10.1 Å². The van der Waals surface area contributed by atoms with Crippen LogP contribution < -0.4 is 5.32 Å². The number of ether oxygens (including phenoxy) is 1. The van der Waals surface area contributed by atoms with E-state index in [4.69, 9.17) is 9.73 Å². The fourth-order valence-corrected chi connectivity index (χ4v) is 3.74. The molecule has 1 unspecified atom stereocenters. The lowest BCUT2D eigenvalue weighted by Crippen LogP contribution is -2.46. The number of rotatable bonds is 2. The second kappa shape index (κ2) is 5.61. The van der Waals surface area contributed by atoms with Gasteiger partial charge in [0.25, 0.3) is 0 Å². The molecule has 0 bridgehead atoms. The van der Waals surface area contributed by atoms with Crippen molar-refractivity contribution in [2.45, 2.75) is 51.6 Å². The fourth-order valence-electron chi connectivity index (χ4n) is 2.35. The van der Waals surface area contributed by atoms with Crippen LogP contribution in [0.2, 0.25) is 0 Å². The molecule has 0 spiro atoms. The first-order chi connectivity index (χ1) is 8.07. The predicted molar refractivity (Wildman–Crippen MR) is 74.7 cm³/mol. The molecule has 0 aromatic rings. The van der Waals surface area contributed by atoms with Crippen LogP contribution in [-0.4, -0.2) is 35.7 Å². The first kappa shape index (κ1) is 13.2. The molecule has 1 N–H and O–H groups in total. The monoisotopic (exact) mass is 256 g/mol. The zero-order chi connectivity index (χ0) is 12.3. The number of nitrogens with one attached hydrogen (secondary N) is 1. The van der Waals surface area contributed by atoms with Gasteiger partial charge in [0.2, 0.25) is 0 Å². The Labute approximate surface area is 109 Å². The lowest BCUT2D eigenvalue weighted by Gasteiger charge is -2.33. The van der Waals surface area contributed by atoms with E-state index in [1.807, 2.05) is 11.8 Å². The van der Waals surface area contributed by atoms with Crippen LogP contribution in [-0.2, 0) is 4.74 Å². The van der Waals surface area contributed by atoms with Crippen LogP contribution >= 0.6 is 11.8 Å². The number of aliphatic imine (C=N–C) groups is 1. The van der Waals surface area contributed by atoms with E-state index in [0.29, 0.717) is 12.0 Å². The van der Waals surface area contributed by atoms with E-state index in [2.05, 4.69) is 26.1 Å². The van der Waals surface area contributed by atoms with Gasteiger partial charge in [0.15, 0.2) is 5.17 Å². The van der Waals surface area contributed by atoms with E-state index in [9.17, 15) is 0 Å². The SMILES string of the molecule is CC(N=C1NC(C)(C)CCS1)C1CCOCC1.